The molecule has 0 aliphatic carbocycles. The predicted molar refractivity (Wildman–Crippen MR) is 117 cm³/mol. The van der Waals surface area contributed by atoms with Gasteiger partial charge in [-0.05, 0) is 55.4 Å². The van der Waals surface area contributed by atoms with E-state index in [0.717, 1.165) is 50.3 Å². The van der Waals surface area contributed by atoms with Crippen molar-refractivity contribution >= 4 is 0 Å². The molecular formula is C26H29NO2. The van der Waals surface area contributed by atoms with E-state index >= 15 is 0 Å². The van der Waals surface area contributed by atoms with E-state index in [4.69, 9.17) is 14.5 Å². The molecule has 2 aliphatic rings. The van der Waals surface area contributed by atoms with Gasteiger partial charge in [0.25, 0.3) is 0 Å². The van der Waals surface area contributed by atoms with Crippen LogP contribution in [0.25, 0.3) is 11.3 Å². The van der Waals surface area contributed by atoms with Gasteiger partial charge in [0.1, 0.15) is 0 Å². The number of pyridine rings is 1. The number of ether oxygens (including phenoxy) is 2. The standard InChI is InChI=1S/C26H29NO2/c1-20-10-12-22(13-11-20)26-21-8-4-16-28-18-23-6-2-3-7-24(23)19-29-17-5-9-25(27-26)15-14-21/h2-3,6-7,10-15H,4-5,8-9,16-19H2,1H3. The fourth-order valence-corrected chi connectivity index (χ4v) is 3.75. The van der Waals surface area contributed by atoms with Crippen molar-refractivity contribution in [1.82, 2.24) is 4.98 Å². The average molecular weight is 388 g/mol. The highest BCUT2D eigenvalue weighted by atomic mass is 16.5. The number of aromatic nitrogens is 1. The third-order valence-corrected chi connectivity index (χ3v) is 5.45. The minimum atomic E-state index is 0.639. The minimum Gasteiger partial charge on any atom is -0.377 e. The lowest BCUT2D eigenvalue weighted by Gasteiger charge is -2.14. The minimum absolute atomic E-state index is 0.639. The van der Waals surface area contributed by atoms with Crippen LogP contribution in [0, 0.1) is 6.92 Å². The summed E-state index contributed by atoms with van der Waals surface area (Å²) >= 11 is 0. The molecule has 1 aromatic heterocycles. The normalized spacial score (nSPS) is 15.8. The zero-order valence-electron chi connectivity index (χ0n) is 17.2. The first-order valence-electron chi connectivity index (χ1n) is 10.6. The molecule has 0 saturated heterocycles. The summed E-state index contributed by atoms with van der Waals surface area (Å²) in [5.41, 5.74) is 8.46. The molecule has 5 rings (SSSR count). The van der Waals surface area contributed by atoms with Gasteiger partial charge in [-0.1, -0.05) is 60.2 Å². The second-order valence-electron chi connectivity index (χ2n) is 7.76. The van der Waals surface area contributed by atoms with Crippen LogP contribution in [0.3, 0.4) is 0 Å². The Balaban J connectivity index is 1.54. The molecule has 3 nitrogen and oxygen atoms in total. The highest BCUT2D eigenvalue weighted by molar-refractivity contribution is 5.63. The summed E-state index contributed by atoms with van der Waals surface area (Å²) in [5, 5.41) is 0. The second kappa shape index (κ2) is 9.82. The summed E-state index contributed by atoms with van der Waals surface area (Å²) in [6.07, 6.45) is 3.86. The summed E-state index contributed by atoms with van der Waals surface area (Å²) in [6.45, 7) is 4.87. The maximum Gasteiger partial charge on any atom is 0.0737 e. The van der Waals surface area contributed by atoms with E-state index in [0.29, 0.717) is 13.2 Å². The Morgan fingerprint density at radius 2 is 1.34 bits per heavy atom. The van der Waals surface area contributed by atoms with Gasteiger partial charge >= 0.3 is 0 Å². The number of benzene rings is 2. The third-order valence-electron chi connectivity index (χ3n) is 5.45. The molecule has 0 saturated carbocycles. The van der Waals surface area contributed by atoms with Crippen molar-refractivity contribution in [3.05, 3.63) is 88.6 Å². The summed E-state index contributed by atoms with van der Waals surface area (Å²) in [6, 6.07) is 21.5. The van der Waals surface area contributed by atoms with Gasteiger partial charge in [0.2, 0.25) is 0 Å². The number of aryl methyl sites for hydroxylation is 3. The molecule has 3 aromatic rings. The van der Waals surface area contributed by atoms with Crippen LogP contribution in [0.4, 0.5) is 0 Å². The topological polar surface area (TPSA) is 31.4 Å². The van der Waals surface area contributed by atoms with Crippen LogP contribution in [-0.4, -0.2) is 18.2 Å². The van der Waals surface area contributed by atoms with Gasteiger partial charge < -0.3 is 9.47 Å². The van der Waals surface area contributed by atoms with Crippen molar-refractivity contribution in [3.63, 3.8) is 0 Å². The summed E-state index contributed by atoms with van der Waals surface area (Å²) in [5.74, 6) is 0. The van der Waals surface area contributed by atoms with Gasteiger partial charge in [-0.15, -0.1) is 0 Å². The first-order valence-corrected chi connectivity index (χ1v) is 10.6. The second-order valence-corrected chi connectivity index (χ2v) is 7.76. The SMILES string of the molecule is Cc1ccc(-c2nc3ccc2CCCOCc2ccccc2COCCC3)cc1. The molecule has 150 valence electrons. The van der Waals surface area contributed by atoms with Gasteiger partial charge in [0.15, 0.2) is 0 Å². The monoisotopic (exact) mass is 387 g/mol. The van der Waals surface area contributed by atoms with E-state index in [9.17, 15) is 0 Å². The lowest BCUT2D eigenvalue weighted by Crippen LogP contribution is -2.06. The highest BCUT2D eigenvalue weighted by Crippen LogP contribution is 2.24. The van der Waals surface area contributed by atoms with Gasteiger partial charge in [0.05, 0.1) is 18.9 Å². The van der Waals surface area contributed by atoms with E-state index in [1.54, 1.807) is 0 Å². The van der Waals surface area contributed by atoms with Crippen molar-refractivity contribution in [2.75, 3.05) is 13.2 Å². The molecule has 29 heavy (non-hydrogen) atoms. The molecule has 2 aromatic carbocycles. The van der Waals surface area contributed by atoms with Crippen molar-refractivity contribution in [1.29, 1.82) is 0 Å². The zero-order chi connectivity index (χ0) is 19.9. The Bertz CT molecular complexity index is 934. The van der Waals surface area contributed by atoms with E-state index in [1.807, 2.05) is 0 Å². The van der Waals surface area contributed by atoms with Crippen LogP contribution >= 0.6 is 0 Å². The van der Waals surface area contributed by atoms with E-state index < -0.39 is 0 Å². The Morgan fingerprint density at radius 1 is 0.690 bits per heavy atom. The van der Waals surface area contributed by atoms with E-state index in [-0.39, 0.29) is 0 Å². The quantitative estimate of drug-likeness (QED) is 0.539. The highest BCUT2D eigenvalue weighted by Gasteiger charge is 2.10. The smallest absolute Gasteiger partial charge is 0.0737 e. The molecule has 0 fully saturated rings. The third kappa shape index (κ3) is 5.31. The molecule has 3 heterocycles. The van der Waals surface area contributed by atoms with Crippen LogP contribution in [0.2, 0.25) is 0 Å². The first kappa shape index (κ1) is 19.8. The molecule has 2 bridgehead atoms. The predicted octanol–water partition coefficient (Wildman–Crippen LogP) is 5.67. The Labute approximate surface area is 173 Å². The number of fused-ring (bicyclic) bond motifs is 10. The van der Waals surface area contributed by atoms with Crippen LogP contribution in [0.5, 0.6) is 0 Å². The van der Waals surface area contributed by atoms with Gasteiger partial charge in [0, 0.05) is 24.5 Å². The average Bonchev–Trinajstić information content (AvgIpc) is 2.74. The summed E-state index contributed by atoms with van der Waals surface area (Å²) < 4.78 is 11.9. The molecule has 3 heteroatoms. The molecule has 0 amide bonds. The Hall–Kier alpha value is -2.49. The van der Waals surface area contributed by atoms with Crippen molar-refractivity contribution in [2.24, 2.45) is 0 Å². The fraction of sp³-hybridized carbons (Fsp3) is 0.346. The van der Waals surface area contributed by atoms with E-state index in [1.165, 1.54) is 27.8 Å². The lowest BCUT2D eigenvalue weighted by atomic mass is 10.00. The largest absolute Gasteiger partial charge is 0.377 e. The molecule has 0 N–H and O–H groups in total. The number of rotatable bonds is 1. The number of nitrogens with zero attached hydrogens (tertiary/aromatic N) is 1. The molecule has 0 atom stereocenters. The zero-order valence-corrected chi connectivity index (χ0v) is 17.2. The fourth-order valence-electron chi connectivity index (χ4n) is 3.75. The molecule has 0 unspecified atom stereocenters. The number of hydrogen-bond acceptors (Lipinski definition) is 3. The lowest BCUT2D eigenvalue weighted by molar-refractivity contribution is 0.105. The molecular weight excluding hydrogens is 358 g/mol. The van der Waals surface area contributed by atoms with Gasteiger partial charge in [-0.25, -0.2) is 0 Å². The number of hydrogen-bond donors (Lipinski definition) is 0. The molecule has 2 aliphatic heterocycles. The summed E-state index contributed by atoms with van der Waals surface area (Å²) in [4.78, 5) is 5.02. The maximum atomic E-state index is 5.99. The van der Waals surface area contributed by atoms with Crippen molar-refractivity contribution in [2.45, 2.75) is 45.8 Å². The van der Waals surface area contributed by atoms with Crippen LogP contribution in [0.1, 0.15) is 40.8 Å². The van der Waals surface area contributed by atoms with Crippen LogP contribution in [-0.2, 0) is 35.5 Å². The Kier molecular flexibility index (Phi) is 6.71. The summed E-state index contributed by atoms with van der Waals surface area (Å²) in [7, 11) is 0. The van der Waals surface area contributed by atoms with Crippen molar-refractivity contribution < 1.29 is 9.47 Å². The van der Waals surface area contributed by atoms with E-state index in [2.05, 4.69) is 67.6 Å². The van der Waals surface area contributed by atoms with Gasteiger partial charge in [-0.3, -0.25) is 4.98 Å². The Morgan fingerprint density at radius 3 is 2.03 bits per heavy atom. The van der Waals surface area contributed by atoms with Crippen LogP contribution < -0.4 is 0 Å². The first-order chi connectivity index (χ1) is 14.3. The van der Waals surface area contributed by atoms with Crippen LogP contribution in [0.15, 0.2) is 60.7 Å². The molecule has 0 spiro atoms. The van der Waals surface area contributed by atoms with Gasteiger partial charge in [-0.2, -0.15) is 0 Å². The molecule has 0 radical (unpaired) electrons. The maximum absolute atomic E-state index is 5.99. The van der Waals surface area contributed by atoms with Crippen molar-refractivity contribution in [3.8, 4) is 11.3 Å².